The Morgan fingerprint density at radius 3 is 2.62 bits per heavy atom. The largest absolute Gasteiger partial charge is 0.268 e. The number of para-hydroxylation sites is 1. The van der Waals surface area contributed by atoms with Crippen LogP contribution in [-0.4, -0.2) is 24.9 Å². The van der Waals surface area contributed by atoms with Crippen LogP contribution in [-0.2, 0) is 11.8 Å². The van der Waals surface area contributed by atoms with Crippen molar-refractivity contribution in [1.29, 1.82) is 0 Å². The van der Waals surface area contributed by atoms with Crippen molar-refractivity contribution >= 4 is 17.5 Å². The van der Waals surface area contributed by atoms with Crippen molar-refractivity contribution in [2.75, 3.05) is 5.75 Å². The number of terminal acetylenes is 1. The predicted molar refractivity (Wildman–Crippen MR) is 137 cm³/mol. The van der Waals surface area contributed by atoms with Gasteiger partial charge in [0.15, 0.2) is 5.16 Å². The molecule has 1 saturated carbocycles. The van der Waals surface area contributed by atoms with Crippen molar-refractivity contribution in [1.82, 2.24) is 19.2 Å². The first-order chi connectivity index (χ1) is 16.6. The van der Waals surface area contributed by atoms with Crippen LogP contribution in [0, 0.1) is 19.3 Å². The zero-order chi connectivity index (χ0) is 23.3. The van der Waals surface area contributed by atoms with Gasteiger partial charge in [-0.1, -0.05) is 79.4 Å². The molecule has 2 aromatic heterocycles. The fourth-order valence-corrected chi connectivity index (χ4v) is 6.61. The molecule has 0 radical (unpaired) electrons. The highest BCUT2D eigenvalue weighted by molar-refractivity contribution is 7.99. The van der Waals surface area contributed by atoms with Crippen LogP contribution < -0.4 is 5.56 Å². The number of nitrogens with zero attached hydrogens (tertiary/aromatic N) is 4. The molecular weight excluding hydrogens is 440 g/mol. The molecule has 5 nitrogen and oxygen atoms in total. The summed E-state index contributed by atoms with van der Waals surface area (Å²) in [6.45, 7) is 2.04. The van der Waals surface area contributed by atoms with Crippen LogP contribution in [0.4, 0.5) is 0 Å². The first-order valence-corrected chi connectivity index (χ1v) is 12.9. The van der Waals surface area contributed by atoms with E-state index in [0.29, 0.717) is 11.5 Å². The van der Waals surface area contributed by atoms with Crippen LogP contribution in [0.5, 0.6) is 0 Å². The summed E-state index contributed by atoms with van der Waals surface area (Å²) in [5, 5.41) is 9.81. The zero-order valence-electron chi connectivity index (χ0n) is 19.3. The third-order valence-corrected chi connectivity index (χ3v) is 8.31. The van der Waals surface area contributed by atoms with Crippen LogP contribution >= 0.6 is 11.8 Å². The lowest BCUT2D eigenvalue weighted by Gasteiger charge is -2.42. The zero-order valence-corrected chi connectivity index (χ0v) is 20.1. The predicted octanol–water partition coefficient (Wildman–Crippen LogP) is 5.34. The van der Waals surface area contributed by atoms with E-state index >= 15 is 0 Å². The fraction of sp³-hybridized carbons (Fsp3) is 0.321. The smallest absolute Gasteiger partial charge is 0.263 e. The minimum Gasteiger partial charge on any atom is -0.268 e. The second-order valence-corrected chi connectivity index (χ2v) is 10.4. The molecule has 2 aliphatic rings. The molecule has 6 heteroatoms. The van der Waals surface area contributed by atoms with Crippen LogP contribution in [0.2, 0.25) is 0 Å². The Balaban J connectivity index is 1.80. The first kappa shape index (κ1) is 21.2. The third-order valence-electron chi connectivity index (χ3n) is 7.48. The number of benzene rings is 2. The number of thioether (sulfide) groups is 1. The molecule has 4 aromatic rings. The summed E-state index contributed by atoms with van der Waals surface area (Å²) in [5.74, 6) is 3.74. The molecule has 2 aliphatic carbocycles. The molecule has 0 aliphatic heterocycles. The van der Waals surface area contributed by atoms with Gasteiger partial charge in [-0.15, -0.1) is 16.6 Å². The Kier molecular flexibility index (Phi) is 5.11. The van der Waals surface area contributed by atoms with E-state index < -0.39 is 0 Å². The quantitative estimate of drug-likeness (QED) is 0.302. The number of hydrogen-bond acceptors (Lipinski definition) is 4. The van der Waals surface area contributed by atoms with E-state index in [1.165, 1.54) is 23.7 Å². The van der Waals surface area contributed by atoms with E-state index in [0.717, 1.165) is 65.3 Å². The Hall–Kier alpha value is -3.30. The number of aromatic nitrogens is 4. The van der Waals surface area contributed by atoms with Gasteiger partial charge < -0.3 is 0 Å². The lowest BCUT2D eigenvalue weighted by Crippen LogP contribution is -2.43. The second-order valence-electron chi connectivity index (χ2n) is 9.44. The highest BCUT2D eigenvalue weighted by Crippen LogP contribution is 2.49. The van der Waals surface area contributed by atoms with Gasteiger partial charge >= 0.3 is 0 Å². The summed E-state index contributed by atoms with van der Waals surface area (Å²) >= 11 is 1.49. The van der Waals surface area contributed by atoms with Gasteiger partial charge in [0.2, 0.25) is 5.78 Å². The van der Waals surface area contributed by atoms with Crippen LogP contribution in [0.1, 0.15) is 48.8 Å². The number of fused-ring (bicyclic) bond motifs is 6. The lowest BCUT2D eigenvalue weighted by molar-refractivity contribution is 0.284. The van der Waals surface area contributed by atoms with Crippen molar-refractivity contribution in [2.24, 2.45) is 0 Å². The molecular formula is C28H26N4OS. The maximum atomic E-state index is 14.5. The molecule has 2 aromatic carbocycles. The van der Waals surface area contributed by atoms with E-state index in [2.05, 4.69) is 44.8 Å². The van der Waals surface area contributed by atoms with Crippen molar-refractivity contribution in [3.05, 3.63) is 75.6 Å². The molecule has 0 unspecified atom stereocenters. The van der Waals surface area contributed by atoms with Crippen molar-refractivity contribution < 1.29 is 0 Å². The Labute approximate surface area is 203 Å². The van der Waals surface area contributed by atoms with Crippen molar-refractivity contribution in [3.63, 3.8) is 0 Å². The summed E-state index contributed by atoms with van der Waals surface area (Å²) in [5.41, 5.74) is 6.03. The minimum atomic E-state index is -0.171. The molecule has 2 heterocycles. The number of aryl methyl sites for hydroxylation is 1. The SMILES string of the molecule is C#CCSc1nnc2n(-c3ccccc3C)c(=O)c3c(n12)-c1ccccc1CC31CCCCC1. The maximum absolute atomic E-state index is 14.5. The highest BCUT2D eigenvalue weighted by atomic mass is 32.2. The van der Waals surface area contributed by atoms with E-state index in [1.54, 1.807) is 4.57 Å². The second kappa shape index (κ2) is 8.18. The van der Waals surface area contributed by atoms with Gasteiger partial charge in [-0.25, -0.2) is 4.57 Å². The Bertz CT molecular complexity index is 1520. The molecule has 1 spiro atoms. The topological polar surface area (TPSA) is 52.2 Å². The van der Waals surface area contributed by atoms with E-state index in [4.69, 9.17) is 6.42 Å². The van der Waals surface area contributed by atoms with Crippen molar-refractivity contribution in [3.8, 4) is 29.3 Å². The lowest BCUT2D eigenvalue weighted by atomic mass is 9.62. The van der Waals surface area contributed by atoms with Gasteiger partial charge in [0, 0.05) is 16.5 Å². The molecule has 0 amide bonds. The monoisotopic (exact) mass is 466 g/mol. The molecule has 170 valence electrons. The maximum Gasteiger partial charge on any atom is 0.263 e. The highest BCUT2D eigenvalue weighted by Gasteiger charge is 2.44. The average molecular weight is 467 g/mol. The minimum absolute atomic E-state index is 0.0362. The van der Waals surface area contributed by atoms with Gasteiger partial charge in [-0.3, -0.25) is 9.20 Å². The molecule has 1 fully saturated rings. The van der Waals surface area contributed by atoms with Gasteiger partial charge in [0.25, 0.3) is 5.56 Å². The van der Waals surface area contributed by atoms with Crippen molar-refractivity contribution in [2.45, 2.75) is 56.0 Å². The Morgan fingerprint density at radius 2 is 1.82 bits per heavy atom. The van der Waals surface area contributed by atoms with Gasteiger partial charge in [-0.05, 0) is 43.4 Å². The summed E-state index contributed by atoms with van der Waals surface area (Å²) in [6, 6.07) is 16.5. The molecule has 0 bridgehead atoms. The fourth-order valence-electron chi connectivity index (χ4n) is 6.00. The summed E-state index contributed by atoms with van der Waals surface area (Å²) in [7, 11) is 0. The van der Waals surface area contributed by atoms with E-state index in [-0.39, 0.29) is 11.0 Å². The first-order valence-electron chi connectivity index (χ1n) is 11.9. The summed E-state index contributed by atoms with van der Waals surface area (Å²) in [4.78, 5) is 14.5. The summed E-state index contributed by atoms with van der Waals surface area (Å²) < 4.78 is 3.88. The van der Waals surface area contributed by atoms with Crippen LogP contribution in [0.3, 0.4) is 0 Å². The molecule has 6 rings (SSSR count). The normalized spacial score (nSPS) is 16.2. The van der Waals surface area contributed by atoms with Crippen LogP contribution in [0.15, 0.2) is 58.5 Å². The van der Waals surface area contributed by atoms with E-state index in [1.807, 2.05) is 31.2 Å². The van der Waals surface area contributed by atoms with Gasteiger partial charge in [0.1, 0.15) is 0 Å². The molecule has 0 saturated heterocycles. The number of rotatable bonds is 3. The van der Waals surface area contributed by atoms with Gasteiger partial charge in [0.05, 0.1) is 17.1 Å². The molecule has 0 N–H and O–H groups in total. The molecule has 34 heavy (non-hydrogen) atoms. The standard InChI is InChI=1S/C28H26N4OS/c1-3-17-34-27-30-29-26-31(22-14-8-5-11-19(22)2)25(33)23-24(32(26)27)21-13-7-6-12-20(21)18-28(23)15-9-4-10-16-28/h1,5-8,11-14H,4,9-10,15-18H2,2H3. The average Bonchev–Trinajstić information content (AvgIpc) is 3.27. The van der Waals surface area contributed by atoms with Gasteiger partial charge in [-0.2, -0.15) is 0 Å². The Morgan fingerprint density at radius 1 is 1.06 bits per heavy atom. The van der Waals surface area contributed by atoms with E-state index in [9.17, 15) is 4.79 Å². The summed E-state index contributed by atoms with van der Waals surface area (Å²) in [6.07, 6.45) is 12.1. The molecule has 0 atom stereocenters. The third kappa shape index (κ3) is 3.07. The van der Waals surface area contributed by atoms with Crippen LogP contribution in [0.25, 0.3) is 22.7 Å². The number of hydrogen-bond donors (Lipinski definition) is 0.